The number of carbonyl (C=O) groups excluding carboxylic acids is 1. The van der Waals surface area contributed by atoms with Crippen molar-refractivity contribution in [3.05, 3.63) is 60.1 Å². The molecule has 1 saturated heterocycles. The van der Waals surface area contributed by atoms with Gasteiger partial charge in [0.1, 0.15) is 23.8 Å². The summed E-state index contributed by atoms with van der Waals surface area (Å²) in [4.78, 5) is 41.5. The first-order chi connectivity index (χ1) is 17.1. The second kappa shape index (κ2) is 8.27. The number of piperazine rings is 1. The molecule has 176 valence electrons. The molecule has 0 radical (unpaired) electrons. The van der Waals surface area contributed by atoms with E-state index in [0.717, 1.165) is 36.8 Å². The van der Waals surface area contributed by atoms with Gasteiger partial charge < -0.3 is 14.7 Å². The first-order valence-corrected chi connectivity index (χ1v) is 11.9. The van der Waals surface area contributed by atoms with E-state index in [2.05, 4.69) is 37.7 Å². The fourth-order valence-corrected chi connectivity index (χ4v) is 5.57. The van der Waals surface area contributed by atoms with Crippen LogP contribution in [0.2, 0.25) is 0 Å². The molecule has 1 amide bonds. The van der Waals surface area contributed by atoms with Crippen LogP contribution >= 0.6 is 0 Å². The van der Waals surface area contributed by atoms with E-state index in [1.165, 1.54) is 12.0 Å². The number of fused-ring (bicyclic) bond motifs is 2. The van der Waals surface area contributed by atoms with E-state index in [4.69, 9.17) is 9.97 Å². The molecule has 10 heteroatoms. The molecule has 2 aliphatic heterocycles. The fraction of sp³-hybridized carbons (Fsp3) is 0.400. The lowest BCUT2D eigenvalue weighted by molar-refractivity contribution is 0.0660. The number of rotatable bonds is 3. The Morgan fingerprint density at radius 2 is 1.89 bits per heavy atom. The van der Waals surface area contributed by atoms with Crippen molar-refractivity contribution >= 4 is 23.4 Å². The number of amides is 1. The Bertz CT molecular complexity index is 1320. The third-order valence-electron chi connectivity index (χ3n) is 7.46. The minimum Gasteiger partial charge on any atom is -0.352 e. The Kier molecular flexibility index (Phi) is 5.06. The molecule has 3 aromatic rings. The average Bonchev–Trinajstić information content (AvgIpc) is 3.25. The molecule has 3 aromatic heterocycles. The Morgan fingerprint density at radius 1 is 1.09 bits per heavy atom. The van der Waals surface area contributed by atoms with E-state index in [-0.39, 0.29) is 23.2 Å². The van der Waals surface area contributed by atoms with Crippen molar-refractivity contribution in [3.63, 3.8) is 0 Å². The molecule has 1 aliphatic carbocycles. The molecular formula is C25H25N9O. The maximum absolute atomic E-state index is 13.0. The minimum absolute atomic E-state index is 0.00960. The summed E-state index contributed by atoms with van der Waals surface area (Å²) in [6.07, 6.45) is 9.81. The third kappa shape index (κ3) is 3.46. The molecule has 10 nitrogen and oxygen atoms in total. The first kappa shape index (κ1) is 21.4. The summed E-state index contributed by atoms with van der Waals surface area (Å²) in [7, 11) is 0. The first-order valence-electron chi connectivity index (χ1n) is 11.9. The minimum atomic E-state index is -0.143. The molecule has 0 bridgehead atoms. The SMILES string of the molecule is CC1CN(c2ncnc3c2C2(CCC2)CN3c2cc(C#N)ccn2)CCN1C(=O)c1ncccn1. The summed E-state index contributed by atoms with van der Waals surface area (Å²) in [5.74, 6) is 2.65. The summed E-state index contributed by atoms with van der Waals surface area (Å²) in [5.41, 5.74) is 1.75. The van der Waals surface area contributed by atoms with E-state index in [9.17, 15) is 10.1 Å². The number of nitriles is 1. The van der Waals surface area contributed by atoms with Crippen LogP contribution in [-0.2, 0) is 5.41 Å². The van der Waals surface area contributed by atoms with Crippen molar-refractivity contribution in [2.24, 2.45) is 0 Å². The third-order valence-corrected chi connectivity index (χ3v) is 7.46. The average molecular weight is 468 g/mol. The van der Waals surface area contributed by atoms with Gasteiger partial charge in [-0.05, 0) is 38.0 Å². The number of carbonyl (C=O) groups is 1. The van der Waals surface area contributed by atoms with Crippen molar-refractivity contribution in [2.75, 3.05) is 36.0 Å². The van der Waals surface area contributed by atoms with Gasteiger partial charge in [-0.15, -0.1) is 0 Å². The zero-order valence-corrected chi connectivity index (χ0v) is 19.5. The van der Waals surface area contributed by atoms with Crippen LogP contribution in [-0.4, -0.2) is 67.9 Å². The number of aromatic nitrogens is 5. The lowest BCUT2D eigenvalue weighted by Crippen LogP contribution is -2.55. The van der Waals surface area contributed by atoms with Crippen molar-refractivity contribution in [1.29, 1.82) is 5.26 Å². The largest absolute Gasteiger partial charge is 0.352 e. The van der Waals surface area contributed by atoms with Gasteiger partial charge in [-0.3, -0.25) is 4.79 Å². The quantitative estimate of drug-likeness (QED) is 0.573. The van der Waals surface area contributed by atoms with E-state index in [0.29, 0.717) is 25.2 Å². The van der Waals surface area contributed by atoms with E-state index in [1.807, 2.05) is 11.0 Å². The summed E-state index contributed by atoms with van der Waals surface area (Å²) < 4.78 is 0. The number of nitrogens with zero attached hydrogens (tertiary/aromatic N) is 9. The number of hydrogen-bond acceptors (Lipinski definition) is 9. The molecule has 1 saturated carbocycles. The van der Waals surface area contributed by atoms with Crippen LogP contribution in [0, 0.1) is 11.3 Å². The maximum atomic E-state index is 13.0. The Balaban J connectivity index is 1.31. The summed E-state index contributed by atoms with van der Waals surface area (Å²) >= 11 is 0. The maximum Gasteiger partial charge on any atom is 0.292 e. The highest BCUT2D eigenvalue weighted by molar-refractivity contribution is 5.90. The van der Waals surface area contributed by atoms with Gasteiger partial charge in [-0.1, -0.05) is 6.42 Å². The van der Waals surface area contributed by atoms with Crippen LogP contribution in [0.3, 0.4) is 0 Å². The Hall–Kier alpha value is -4.13. The van der Waals surface area contributed by atoms with Gasteiger partial charge in [-0.2, -0.15) is 5.26 Å². The highest BCUT2D eigenvalue weighted by atomic mass is 16.2. The lowest BCUT2D eigenvalue weighted by Gasteiger charge is -2.43. The van der Waals surface area contributed by atoms with E-state index >= 15 is 0 Å². The molecule has 1 spiro atoms. The highest BCUT2D eigenvalue weighted by Crippen LogP contribution is 2.56. The zero-order valence-electron chi connectivity index (χ0n) is 19.5. The number of pyridine rings is 1. The Labute approximate surface area is 203 Å². The van der Waals surface area contributed by atoms with E-state index < -0.39 is 0 Å². The van der Waals surface area contributed by atoms with Gasteiger partial charge >= 0.3 is 0 Å². The van der Waals surface area contributed by atoms with Crippen LogP contribution in [0.1, 0.15) is 47.9 Å². The second-order valence-electron chi connectivity index (χ2n) is 9.50. The Morgan fingerprint density at radius 3 is 2.60 bits per heavy atom. The van der Waals surface area contributed by atoms with Crippen LogP contribution in [0.4, 0.5) is 17.5 Å². The zero-order chi connectivity index (χ0) is 24.0. The van der Waals surface area contributed by atoms with E-state index in [1.54, 1.807) is 37.1 Å². The van der Waals surface area contributed by atoms with Crippen LogP contribution < -0.4 is 9.80 Å². The van der Waals surface area contributed by atoms with Gasteiger partial charge in [0.2, 0.25) is 5.82 Å². The van der Waals surface area contributed by atoms with Crippen molar-refractivity contribution < 1.29 is 4.79 Å². The predicted octanol–water partition coefficient (Wildman–Crippen LogP) is 2.46. The van der Waals surface area contributed by atoms with Crippen LogP contribution in [0.5, 0.6) is 0 Å². The molecule has 0 aromatic carbocycles. The molecular weight excluding hydrogens is 442 g/mol. The molecule has 0 N–H and O–H groups in total. The number of anilines is 3. The van der Waals surface area contributed by atoms with Crippen LogP contribution in [0.25, 0.3) is 0 Å². The topological polar surface area (TPSA) is 115 Å². The monoisotopic (exact) mass is 467 g/mol. The molecule has 3 aliphatic rings. The predicted molar refractivity (Wildman–Crippen MR) is 128 cm³/mol. The van der Waals surface area contributed by atoms with Gasteiger partial charge in [0.25, 0.3) is 5.91 Å². The van der Waals surface area contributed by atoms with Gasteiger partial charge in [0, 0.05) is 61.8 Å². The molecule has 2 fully saturated rings. The summed E-state index contributed by atoms with van der Waals surface area (Å²) in [6.45, 7) is 4.75. The molecule has 6 rings (SSSR count). The second-order valence-corrected chi connectivity index (χ2v) is 9.50. The van der Waals surface area contributed by atoms with Crippen molar-refractivity contribution in [1.82, 2.24) is 29.8 Å². The van der Waals surface area contributed by atoms with Gasteiger partial charge in [0.15, 0.2) is 0 Å². The van der Waals surface area contributed by atoms with Crippen molar-refractivity contribution in [3.8, 4) is 6.07 Å². The normalized spacial score (nSPS) is 20.3. The molecule has 1 unspecified atom stereocenters. The fourth-order valence-electron chi connectivity index (χ4n) is 5.57. The molecule has 1 atom stereocenters. The van der Waals surface area contributed by atoms with Gasteiger partial charge in [0.05, 0.1) is 11.6 Å². The molecule has 35 heavy (non-hydrogen) atoms. The number of hydrogen-bond donors (Lipinski definition) is 0. The standard InChI is InChI=1S/C25H25N9O/c1-17-14-32(10-11-33(17)24(35)21-28-7-3-8-29-21)22-20-23(31-16-30-22)34(15-25(20)5-2-6-25)19-12-18(13-26)4-9-27-19/h3-4,7-9,12,16-17H,2,5-6,10-11,14-15H2,1H3. The molecule has 5 heterocycles. The van der Waals surface area contributed by atoms with Crippen LogP contribution in [0.15, 0.2) is 43.1 Å². The smallest absolute Gasteiger partial charge is 0.292 e. The summed E-state index contributed by atoms with van der Waals surface area (Å²) in [6, 6.07) is 7.43. The lowest BCUT2D eigenvalue weighted by atomic mass is 9.66. The highest BCUT2D eigenvalue weighted by Gasteiger charge is 2.51. The van der Waals surface area contributed by atoms with Gasteiger partial charge in [-0.25, -0.2) is 24.9 Å². The summed E-state index contributed by atoms with van der Waals surface area (Å²) in [5, 5.41) is 9.37. The van der Waals surface area contributed by atoms with Crippen molar-refractivity contribution in [2.45, 2.75) is 37.6 Å².